The summed E-state index contributed by atoms with van der Waals surface area (Å²) in [4.78, 5) is 2.68. The summed E-state index contributed by atoms with van der Waals surface area (Å²) in [5, 5.41) is 3.75. The maximum Gasteiger partial charge on any atom is 0.0673 e. The Bertz CT molecular complexity index is 287. The number of hydrogen-bond acceptors (Lipinski definition) is 3. The van der Waals surface area contributed by atoms with Crippen LogP contribution in [0.5, 0.6) is 0 Å². The summed E-state index contributed by atoms with van der Waals surface area (Å²) in [7, 11) is 0. The van der Waals surface area contributed by atoms with Gasteiger partial charge in [-0.2, -0.15) is 0 Å². The molecule has 3 heteroatoms. The molecule has 1 aliphatic carbocycles. The SMILES string of the molecule is CC(C)CNCC1(CN2CCCOC(C)C2)CCCCC1. The third-order valence-corrected chi connectivity index (χ3v) is 5.06. The number of nitrogens with zero attached hydrogens (tertiary/aromatic N) is 1. The second-order valence-corrected chi connectivity index (χ2v) is 7.86. The molecular formula is C18H36N2O. The van der Waals surface area contributed by atoms with Crippen LogP contribution in [0.3, 0.4) is 0 Å². The monoisotopic (exact) mass is 296 g/mol. The van der Waals surface area contributed by atoms with Crippen LogP contribution in [-0.2, 0) is 4.74 Å². The highest BCUT2D eigenvalue weighted by Gasteiger charge is 2.34. The molecule has 0 amide bonds. The third kappa shape index (κ3) is 5.88. The Hall–Kier alpha value is -0.120. The molecule has 2 aliphatic rings. The first-order valence-electron chi connectivity index (χ1n) is 9.14. The zero-order valence-corrected chi connectivity index (χ0v) is 14.5. The molecule has 1 aliphatic heterocycles. The molecule has 0 radical (unpaired) electrons. The van der Waals surface area contributed by atoms with Gasteiger partial charge in [0.15, 0.2) is 0 Å². The fourth-order valence-corrected chi connectivity index (χ4v) is 4.02. The van der Waals surface area contributed by atoms with Gasteiger partial charge in [-0.1, -0.05) is 33.1 Å². The Morgan fingerprint density at radius 3 is 2.67 bits per heavy atom. The summed E-state index contributed by atoms with van der Waals surface area (Å²) in [6.07, 6.45) is 8.68. The standard InChI is InChI=1S/C18H36N2O/c1-16(2)12-19-14-18(8-5-4-6-9-18)15-20-10-7-11-21-17(3)13-20/h16-17,19H,4-15H2,1-3H3. The van der Waals surface area contributed by atoms with E-state index in [0.717, 1.165) is 25.6 Å². The van der Waals surface area contributed by atoms with Crippen molar-refractivity contribution in [3.63, 3.8) is 0 Å². The largest absolute Gasteiger partial charge is 0.377 e. The fourth-order valence-electron chi connectivity index (χ4n) is 4.02. The van der Waals surface area contributed by atoms with E-state index in [1.165, 1.54) is 58.2 Å². The summed E-state index contributed by atoms with van der Waals surface area (Å²) in [6.45, 7) is 13.7. The van der Waals surface area contributed by atoms with Crippen LogP contribution in [0.4, 0.5) is 0 Å². The Kier molecular flexibility index (Phi) is 6.97. The van der Waals surface area contributed by atoms with Crippen molar-refractivity contribution < 1.29 is 4.74 Å². The molecule has 124 valence electrons. The van der Waals surface area contributed by atoms with Gasteiger partial charge >= 0.3 is 0 Å². The van der Waals surface area contributed by atoms with E-state index < -0.39 is 0 Å². The molecule has 1 heterocycles. The molecule has 1 saturated carbocycles. The van der Waals surface area contributed by atoms with E-state index in [1.807, 2.05) is 0 Å². The molecular weight excluding hydrogens is 260 g/mol. The predicted molar refractivity (Wildman–Crippen MR) is 89.7 cm³/mol. The minimum Gasteiger partial charge on any atom is -0.377 e. The molecule has 1 saturated heterocycles. The second kappa shape index (κ2) is 8.50. The summed E-state index contributed by atoms with van der Waals surface area (Å²) >= 11 is 0. The van der Waals surface area contributed by atoms with Crippen LogP contribution in [0.15, 0.2) is 0 Å². The maximum absolute atomic E-state index is 5.81. The first-order chi connectivity index (χ1) is 10.1. The van der Waals surface area contributed by atoms with Gasteiger partial charge in [0.1, 0.15) is 0 Å². The second-order valence-electron chi connectivity index (χ2n) is 7.86. The minimum atomic E-state index is 0.400. The molecule has 2 rings (SSSR count). The van der Waals surface area contributed by atoms with Crippen LogP contribution in [0, 0.1) is 11.3 Å². The van der Waals surface area contributed by atoms with E-state index in [9.17, 15) is 0 Å². The number of ether oxygens (including phenoxy) is 1. The average molecular weight is 296 g/mol. The van der Waals surface area contributed by atoms with E-state index in [4.69, 9.17) is 4.74 Å². The molecule has 0 aromatic carbocycles. The first kappa shape index (κ1) is 17.2. The van der Waals surface area contributed by atoms with Gasteiger partial charge < -0.3 is 15.0 Å². The Balaban J connectivity index is 1.91. The van der Waals surface area contributed by atoms with Crippen molar-refractivity contribution in [3.05, 3.63) is 0 Å². The topological polar surface area (TPSA) is 24.5 Å². The van der Waals surface area contributed by atoms with E-state index >= 15 is 0 Å². The highest BCUT2D eigenvalue weighted by molar-refractivity contribution is 4.88. The normalized spacial score (nSPS) is 27.7. The van der Waals surface area contributed by atoms with Crippen LogP contribution >= 0.6 is 0 Å². The van der Waals surface area contributed by atoms with E-state index in [0.29, 0.717) is 11.5 Å². The van der Waals surface area contributed by atoms with Crippen molar-refractivity contribution in [2.75, 3.05) is 39.3 Å². The maximum atomic E-state index is 5.81. The highest BCUT2D eigenvalue weighted by atomic mass is 16.5. The van der Waals surface area contributed by atoms with Gasteiger partial charge in [0.2, 0.25) is 0 Å². The van der Waals surface area contributed by atoms with E-state index in [-0.39, 0.29) is 0 Å². The lowest BCUT2D eigenvalue weighted by molar-refractivity contribution is 0.0515. The van der Waals surface area contributed by atoms with Crippen molar-refractivity contribution in [2.24, 2.45) is 11.3 Å². The molecule has 0 bridgehead atoms. The minimum absolute atomic E-state index is 0.400. The van der Waals surface area contributed by atoms with Crippen LogP contribution in [-0.4, -0.2) is 50.3 Å². The van der Waals surface area contributed by atoms with Gasteiger partial charge in [-0.3, -0.25) is 0 Å². The summed E-state index contributed by atoms with van der Waals surface area (Å²) in [5.41, 5.74) is 0.511. The van der Waals surface area contributed by atoms with Crippen molar-refractivity contribution in [1.29, 1.82) is 0 Å². The lowest BCUT2D eigenvalue weighted by Gasteiger charge is -2.41. The van der Waals surface area contributed by atoms with Gasteiger partial charge in [0.05, 0.1) is 6.10 Å². The zero-order chi connectivity index (χ0) is 15.1. The molecule has 2 fully saturated rings. The molecule has 1 unspecified atom stereocenters. The molecule has 3 nitrogen and oxygen atoms in total. The van der Waals surface area contributed by atoms with Gasteiger partial charge in [0, 0.05) is 32.8 Å². The number of hydrogen-bond donors (Lipinski definition) is 1. The molecule has 0 aromatic rings. The van der Waals surface area contributed by atoms with Gasteiger partial charge in [-0.25, -0.2) is 0 Å². The van der Waals surface area contributed by atoms with Crippen molar-refractivity contribution >= 4 is 0 Å². The Morgan fingerprint density at radius 1 is 1.19 bits per heavy atom. The van der Waals surface area contributed by atoms with Crippen LogP contribution in [0.1, 0.15) is 59.3 Å². The van der Waals surface area contributed by atoms with Crippen LogP contribution in [0.2, 0.25) is 0 Å². The average Bonchev–Trinajstić information content (AvgIpc) is 2.63. The van der Waals surface area contributed by atoms with Crippen LogP contribution in [0.25, 0.3) is 0 Å². The summed E-state index contributed by atoms with van der Waals surface area (Å²) in [6, 6.07) is 0. The van der Waals surface area contributed by atoms with Crippen molar-refractivity contribution in [1.82, 2.24) is 10.2 Å². The first-order valence-corrected chi connectivity index (χ1v) is 9.14. The van der Waals surface area contributed by atoms with Crippen molar-refractivity contribution in [2.45, 2.75) is 65.4 Å². The molecule has 21 heavy (non-hydrogen) atoms. The van der Waals surface area contributed by atoms with Crippen LogP contribution < -0.4 is 5.32 Å². The summed E-state index contributed by atoms with van der Waals surface area (Å²) in [5.74, 6) is 0.747. The van der Waals surface area contributed by atoms with E-state index in [1.54, 1.807) is 0 Å². The fraction of sp³-hybridized carbons (Fsp3) is 1.00. The van der Waals surface area contributed by atoms with Gasteiger partial charge in [0.25, 0.3) is 0 Å². The lowest BCUT2D eigenvalue weighted by atomic mass is 9.73. The van der Waals surface area contributed by atoms with Gasteiger partial charge in [-0.05, 0) is 44.1 Å². The van der Waals surface area contributed by atoms with E-state index in [2.05, 4.69) is 31.0 Å². The Labute approximate surface area is 131 Å². The third-order valence-electron chi connectivity index (χ3n) is 5.06. The highest BCUT2D eigenvalue weighted by Crippen LogP contribution is 2.37. The summed E-state index contributed by atoms with van der Waals surface area (Å²) < 4.78 is 5.81. The Morgan fingerprint density at radius 2 is 1.95 bits per heavy atom. The zero-order valence-electron chi connectivity index (χ0n) is 14.5. The van der Waals surface area contributed by atoms with Crippen molar-refractivity contribution in [3.8, 4) is 0 Å². The molecule has 0 spiro atoms. The smallest absolute Gasteiger partial charge is 0.0673 e. The number of rotatable bonds is 6. The predicted octanol–water partition coefficient (Wildman–Crippen LogP) is 3.29. The molecule has 1 N–H and O–H groups in total. The van der Waals surface area contributed by atoms with Gasteiger partial charge in [-0.15, -0.1) is 0 Å². The quantitative estimate of drug-likeness (QED) is 0.814. The molecule has 0 aromatic heterocycles. The molecule has 1 atom stereocenters. The number of nitrogens with one attached hydrogen (secondary N) is 1. The lowest BCUT2D eigenvalue weighted by Crippen LogP contribution is -2.47.